The number of ether oxygens (including phenoxy) is 1. The largest absolute Gasteiger partial charge is 0.497 e. The number of hydrogen-bond donors (Lipinski definition) is 0. The molecule has 0 radical (unpaired) electrons. The molecule has 0 saturated heterocycles. The lowest BCUT2D eigenvalue weighted by molar-refractivity contribution is 0.171. The van der Waals surface area contributed by atoms with Gasteiger partial charge in [-0.05, 0) is 110 Å². The van der Waals surface area contributed by atoms with E-state index in [1.165, 1.54) is 62.1 Å². The first-order chi connectivity index (χ1) is 13.3. The van der Waals surface area contributed by atoms with Crippen LogP contribution in [-0.4, -0.2) is 7.11 Å². The highest BCUT2D eigenvalue weighted by Gasteiger charge is 2.30. The van der Waals surface area contributed by atoms with E-state index in [-0.39, 0.29) is 0 Å². The molecule has 0 unspecified atom stereocenters. The van der Waals surface area contributed by atoms with E-state index in [1.807, 2.05) is 0 Å². The Kier molecular flexibility index (Phi) is 5.86. The minimum Gasteiger partial charge on any atom is -0.497 e. The van der Waals surface area contributed by atoms with Gasteiger partial charge in [0.1, 0.15) is 5.75 Å². The third kappa shape index (κ3) is 4.23. The molecule has 2 saturated carbocycles. The number of fused-ring (bicyclic) bond motifs is 1. The summed E-state index contributed by atoms with van der Waals surface area (Å²) in [5.41, 5.74) is 1.54. The van der Waals surface area contributed by atoms with Crippen molar-refractivity contribution in [1.29, 1.82) is 0 Å². The van der Waals surface area contributed by atoms with Gasteiger partial charge in [0, 0.05) is 0 Å². The summed E-state index contributed by atoms with van der Waals surface area (Å²) in [4.78, 5) is 0. The van der Waals surface area contributed by atoms with Crippen molar-refractivity contribution in [2.75, 3.05) is 7.11 Å². The fraction of sp³-hybridized carbons (Fsp3) is 0.538. The van der Waals surface area contributed by atoms with E-state index in [0.29, 0.717) is 0 Å². The SMILES string of the molecule is C/C=C/C1CCC(C2CCC(c3ccc4cc(OC)ccc4c3)CC2)CC1. The average Bonchev–Trinajstić information content (AvgIpc) is 2.74. The molecule has 144 valence electrons. The molecule has 27 heavy (non-hydrogen) atoms. The summed E-state index contributed by atoms with van der Waals surface area (Å²) in [6.07, 6.45) is 16.1. The molecular weight excluding hydrogens is 328 g/mol. The van der Waals surface area contributed by atoms with Crippen LogP contribution in [0, 0.1) is 17.8 Å². The van der Waals surface area contributed by atoms with E-state index in [2.05, 4.69) is 55.5 Å². The third-order valence-electron chi connectivity index (χ3n) is 7.26. The second-order valence-electron chi connectivity index (χ2n) is 8.78. The van der Waals surface area contributed by atoms with Gasteiger partial charge in [0.15, 0.2) is 0 Å². The maximum Gasteiger partial charge on any atom is 0.119 e. The molecule has 0 aromatic heterocycles. The zero-order valence-corrected chi connectivity index (χ0v) is 17.0. The summed E-state index contributed by atoms with van der Waals surface area (Å²) < 4.78 is 5.35. The molecule has 2 aromatic rings. The van der Waals surface area contributed by atoms with Crippen LogP contribution in [0.5, 0.6) is 5.75 Å². The van der Waals surface area contributed by atoms with Gasteiger partial charge in [0.05, 0.1) is 7.11 Å². The molecule has 2 aliphatic carbocycles. The Labute approximate surface area is 164 Å². The van der Waals surface area contributed by atoms with Gasteiger partial charge in [-0.25, -0.2) is 0 Å². The van der Waals surface area contributed by atoms with Crippen LogP contribution in [0.1, 0.15) is 69.8 Å². The van der Waals surface area contributed by atoms with Gasteiger partial charge in [0.2, 0.25) is 0 Å². The van der Waals surface area contributed by atoms with Gasteiger partial charge >= 0.3 is 0 Å². The van der Waals surface area contributed by atoms with Crippen molar-refractivity contribution in [2.45, 2.75) is 64.2 Å². The number of methoxy groups -OCH3 is 1. The predicted octanol–water partition coefficient (Wildman–Crippen LogP) is 7.50. The second-order valence-corrected chi connectivity index (χ2v) is 8.78. The monoisotopic (exact) mass is 362 g/mol. The number of allylic oxidation sites excluding steroid dienone is 2. The van der Waals surface area contributed by atoms with E-state index in [0.717, 1.165) is 29.4 Å². The van der Waals surface area contributed by atoms with Gasteiger partial charge in [0.25, 0.3) is 0 Å². The Morgan fingerprint density at radius 1 is 0.778 bits per heavy atom. The predicted molar refractivity (Wildman–Crippen MR) is 115 cm³/mol. The van der Waals surface area contributed by atoms with Crippen LogP contribution in [0.2, 0.25) is 0 Å². The first-order valence-electron chi connectivity index (χ1n) is 11.0. The normalized spacial score (nSPS) is 29.3. The Balaban J connectivity index is 1.36. The highest BCUT2D eigenvalue weighted by atomic mass is 16.5. The highest BCUT2D eigenvalue weighted by Crippen LogP contribution is 2.44. The van der Waals surface area contributed by atoms with Crippen LogP contribution in [-0.2, 0) is 0 Å². The van der Waals surface area contributed by atoms with Gasteiger partial charge in [-0.2, -0.15) is 0 Å². The van der Waals surface area contributed by atoms with Crippen LogP contribution in [0.4, 0.5) is 0 Å². The molecular formula is C26H34O. The fourth-order valence-electron chi connectivity index (χ4n) is 5.63. The molecule has 0 N–H and O–H groups in total. The molecule has 2 fully saturated rings. The molecule has 0 spiro atoms. The molecule has 0 aliphatic heterocycles. The zero-order chi connectivity index (χ0) is 18.6. The summed E-state index contributed by atoms with van der Waals surface area (Å²) in [7, 11) is 1.74. The van der Waals surface area contributed by atoms with Crippen LogP contribution >= 0.6 is 0 Å². The lowest BCUT2D eigenvalue weighted by atomic mass is 9.68. The minimum absolute atomic E-state index is 0.757. The van der Waals surface area contributed by atoms with Gasteiger partial charge in [-0.15, -0.1) is 0 Å². The maximum absolute atomic E-state index is 5.35. The minimum atomic E-state index is 0.757. The Hall–Kier alpha value is -1.76. The van der Waals surface area contributed by atoms with Gasteiger partial charge in [-0.3, -0.25) is 0 Å². The molecule has 2 aliphatic rings. The van der Waals surface area contributed by atoms with Crippen molar-refractivity contribution in [3.8, 4) is 5.75 Å². The number of hydrogen-bond acceptors (Lipinski definition) is 1. The molecule has 4 rings (SSSR count). The molecule has 0 heterocycles. The molecule has 2 aromatic carbocycles. The lowest BCUT2D eigenvalue weighted by Gasteiger charge is -2.37. The van der Waals surface area contributed by atoms with Crippen LogP contribution in [0.15, 0.2) is 48.6 Å². The molecule has 0 bridgehead atoms. The lowest BCUT2D eigenvalue weighted by Crippen LogP contribution is -2.25. The summed E-state index contributed by atoms with van der Waals surface area (Å²) in [5.74, 6) is 4.54. The first-order valence-corrected chi connectivity index (χ1v) is 11.0. The van der Waals surface area contributed by atoms with E-state index in [9.17, 15) is 0 Å². The Morgan fingerprint density at radius 3 is 2.07 bits per heavy atom. The summed E-state index contributed by atoms with van der Waals surface area (Å²) in [5, 5.41) is 2.63. The molecule has 1 nitrogen and oxygen atoms in total. The van der Waals surface area contributed by atoms with Crippen LogP contribution in [0.25, 0.3) is 10.8 Å². The number of benzene rings is 2. The van der Waals surface area contributed by atoms with E-state index in [1.54, 1.807) is 12.7 Å². The summed E-state index contributed by atoms with van der Waals surface area (Å²) in [6, 6.07) is 13.5. The van der Waals surface area contributed by atoms with Crippen molar-refractivity contribution < 1.29 is 4.74 Å². The Bertz CT molecular complexity index is 774. The number of rotatable bonds is 4. The zero-order valence-electron chi connectivity index (χ0n) is 17.0. The standard InChI is InChI=1S/C26H34O/c1-3-4-19-5-7-20(8-6-19)21-9-11-22(12-10-21)23-13-14-25-18-26(27-2)16-15-24(25)17-23/h3-4,13-22H,5-12H2,1-2H3/b4-3+. The third-order valence-corrected chi connectivity index (χ3v) is 7.26. The van der Waals surface area contributed by atoms with Crippen molar-refractivity contribution in [3.63, 3.8) is 0 Å². The average molecular weight is 363 g/mol. The van der Waals surface area contributed by atoms with E-state index in [4.69, 9.17) is 4.74 Å². The summed E-state index contributed by atoms with van der Waals surface area (Å²) >= 11 is 0. The van der Waals surface area contributed by atoms with E-state index < -0.39 is 0 Å². The Morgan fingerprint density at radius 2 is 1.41 bits per heavy atom. The van der Waals surface area contributed by atoms with Gasteiger partial charge < -0.3 is 4.74 Å². The molecule has 1 heteroatoms. The fourth-order valence-corrected chi connectivity index (χ4v) is 5.63. The summed E-state index contributed by atoms with van der Waals surface area (Å²) in [6.45, 7) is 2.16. The topological polar surface area (TPSA) is 9.23 Å². The second kappa shape index (κ2) is 8.50. The van der Waals surface area contributed by atoms with Crippen LogP contribution in [0.3, 0.4) is 0 Å². The molecule has 0 amide bonds. The van der Waals surface area contributed by atoms with Crippen molar-refractivity contribution in [1.82, 2.24) is 0 Å². The van der Waals surface area contributed by atoms with Crippen molar-refractivity contribution in [3.05, 3.63) is 54.1 Å². The maximum atomic E-state index is 5.35. The van der Waals surface area contributed by atoms with Crippen LogP contribution < -0.4 is 4.74 Å². The highest BCUT2D eigenvalue weighted by molar-refractivity contribution is 5.84. The molecule has 0 atom stereocenters. The first kappa shape index (κ1) is 18.6. The van der Waals surface area contributed by atoms with Crippen molar-refractivity contribution in [2.24, 2.45) is 17.8 Å². The smallest absolute Gasteiger partial charge is 0.119 e. The van der Waals surface area contributed by atoms with Crippen molar-refractivity contribution >= 4 is 10.8 Å². The van der Waals surface area contributed by atoms with E-state index >= 15 is 0 Å². The quantitative estimate of drug-likeness (QED) is 0.511. The van der Waals surface area contributed by atoms with Gasteiger partial charge in [-0.1, -0.05) is 36.4 Å².